The first-order chi connectivity index (χ1) is 16.2. The van der Waals surface area contributed by atoms with Gasteiger partial charge in [0.1, 0.15) is 11.9 Å². The average Bonchev–Trinajstić information content (AvgIpc) is 2.78. The lowest BCUT2D eigenvalue weighted by atomic mass is 9.66. The standard InChI is InChI=1S/C26H30ClFN2O5/c1-15(2)21(29-22(31)16-11-17(24(33)34)13-20(28)12-16)23(32)30-10-9-26(35,25(3,4)14-30)18-5-7-19(27)8-6-18/h5-8,11-13,15,21,35H,9-10,14H2,1-4H3,(H,29,31)(H,33,34)/t21-,26+/m1/s1. The van der Waals surface area contributed by atoms with Crippen LogP contribution in [0.3, 0.4) is 0 Å². The molecule has 9 heteroatoms. The molecule has 0 radical (unpaired) electrons. The summed E-state index contributed by atoms with van der Waals surface area (Å²) in [6.07, 6.45) is 0.290. The van der Waals surface area contributed by atoms with Crippen molar-refractivity contribution in [2.24, 2.45) is 11.3 Å². The lowest BCUT2D eigenvalue weighted by Crippen LogP contribution is -2.60. The first kappa shape index (κ1) is 26.6. The number of carbonyl (C=O) groups excluding carboxylic acids is 2. The summed E-state index contributed by atoms with van der Waals surface area (Å²) >= 11 is 6.00. The molecule has 0 aromatic heterocycles. The Balaban J connectivity index is 1.80. The zero-order chi connectivity index (χ0) is 26.1. The Labute approximate surface area is 208 Å². The van der Waals surface area contributed by atoms with E-state index in [9.17, 15) is 23.9 Å². The number of carbonyl (C=O) groups is 3. The molecule has 7 nitrogen and oxygen atoms in total. The monoisotopic (exact) mass is 504 g/mol. The van der Waals surface area contributed by atoms with Gasteiger partial charge in [-0.1, -0.05) is 51.4 Å². The van der Waals surface area contributed by atoms with Crippen LogP contribution in [0.1, 0.15) is 60.4 Å². The normalized spacial score (nSPS) is 20.4. The Morgan fingerprint density at radius 2 is 1.69 bits per heavy atom. The number of hydrogen-bond acceptors (Lipinski definition) is 4. The van der Waals surface area contributed by atoms with Crippen LogP contribution in [0.5, 0.6) is 0 Å². The number of likely N-dealkylation sites (tertiary alicyclic amines) is 1. The Bertz CT molecular complexity index is 1140. The van der Waals surface area contributed by atoms with Gasteiger partial charge in [0, 0.05) is 29.1 Å². The minimum Gasteiger partial charge on any atom is -0.478 e. The first-order valence-electron chi connectivity index (χ1n) is 11.4. The average molecular weight is 505 g/mol. The molecule has 0 unspecified atom stereocenters. The summed E-state index contributed by atoms with van der Waals surface area (Å²) in [7, 11) is 0. The number of hydrogen-bond donors (Lipinski definition) is 3. The van der Waals surface area contributed by atoms with E-state index in [-0.39, 0.29) is 42.5 Å². The van der Waals surface area contributed by atoms with Crippen LogP contribution in [0.4, 0.5) is 4.39 Å². The zero-order valence-corrected chi connectivity index (χ0v) is 20.9. The molecule has 1 heterocycles. The van der Waals surface area contributed by atoms with Gasteiger partial charge in [0.15, 0.2) is 0 Å². The highest BCUT2D eigenvalue weighted by molar-refractivity contribution is 6.30. The molecule has 2 aromatic rings. The Hall–Kier alpha value is -2.97. The van der Waals surface area contributed by atoms with Crippen LogP contribution in [-0.4, -0.2) is 52.0 Å². The second kappa shape index (κ2) is 9.95. The maximum absolute atomic E-state index is 13.9. The van der Waals surface area contributed by atoms with E-state index in [1.54, 1.807) is 43.0 Å². The molecule has 2 atom stereocenters. The molecule has 3 rings (SSSR count). The number of aromatic carboxylic acids is 1. The van der Waals surface area contributed by atoms with E-state index < -0.39 is 34.8 Å². The number of aliphatic hydroxyl groups is 1. The van der Waals surface area contributed by atoms with Crippen LogP contribution in [0.2, 0.25) is 5.02 Å². The molecule has 0 bridgehead atoms. The second-order valence-corrected chi connectivity index (χ2v) is 10.4. The van der Waals surface area contributed by atoms with Gasteiger partial charge in [0.05, 0.1) is 11.2 Å². The summed E-state index contributed by atoms with van der Waals surface area (Å²) < 4.78 is 13.9. The smallest absolute Gasteiger partial charge is 0.335 e. The van der Waals surface area contributed by atoms with Gasteiger partial charge in [-0.25, -0.2) is 9.18 Å². The Morgan fingerprint density at radius 3 is 2.23 bits per heavy atom. The number of rotatable bonds is 6. The van der Waals surface area contributed by atoms with Crippen LogP contribution >= 0.6 is 11.6 Å². The van der Waals surface area contributed by atoms with Crippen LogP contribution in [0.15, 0.2) is 42.5 Å². The van der Waals surface area contributed by atoms with Crippen molar-refractivity contribution >= 4 is 29.4 Å². The van der Waals surface area contributed by atoms with Crippen molar-refractivity contribution in [3.8, 4) is 0 Å². The van der Waals surface area contributed by atoms with Gasteiger partial charge in [-0.15, -0.1) is 0 Å². The molecule has 1 aliphatic rings. The van der Waals surface area contributed by atoms with Crippen LogP contribution < -0.4 is 5.32 Å². The summed E-state index contributed by atoms with van der Waals surface area (Å²) in [5, 5.41) is 23.9. The predicted molar refractivity (Wildman–Crippen MR) is 130 cm³/mol. The number of nitrogens with zero attached hydrogens (tertiary/aromatic N) is 1. The molecule has 3 N–H and O–H groups in total. The fourth-order valence-corrected chi connectivity index (χ4v) is 4.68. The van der Waals surface area contributed by atoms with Crippen LogP contribution in [-0.2, 0) is 10.4 Å². The maximum atomic E-state index is 13.9. The predicted octanol–water partition coefficient (Wildman–Crippen LogP) is 4.08. The van der Waals surface area contributed by atoms with Crippen molar-refractivity contribution in [3.05, 3.63) is 70.0 Å². The molecule has 2 aromatic carbocycles. The SMILES string of the molecule is CC(C)[C@@H](NC(=O)c1cc(F)cc(C(=O)O)c1)C(=O)N1CC[C@](O)(c2ccc(Cl)cc2)C(C)(C)C1. The molecule has 1 saturated heterocycles. The summed E-state index contributed by atoms with van der Waals surface area (Å²) in [5.74, 6) is -3.58. The molecule has 1 fully saturated rings. The highest BCUT2D eigenvalue weighted by Crippen LogP contribution is 2.46. The molecule has 188 valence electrons. The summed E-state index contributed by atoms with van der Waals surface area (Å²) in [6.45, 7) is 7.82. The molecule has 1 aliphatic heterocycles. The third-order valence-corrected chi connectivity index (χ3v) is 6.96. The number of piperidine rings is 1. The number of nitrogens with one attached hydrogen (secondary N) is 1. The number of amides is 2. The fraction of sp³-hybridized carbons (Fsp3) is 0.423. The molecule has 0 aliphatic carbocycles. The number of benzene rings is 2. The first-order valence-corrected chi connectivity index (χ1v) is 11.7. The summed E-state index contributed by atoms with van der Waals surface area (Å²) in [4.78, 5) is 39.1. The van der Waals surface area contributed by atoms with E-state index >= 15 is 0 Å². The van der Waals surface area contributed by atoms with E-state index in [2.05, 4.69) is 5.32 Å². The van der Waals surface area contributed by atoms with Crippen molar-refractivity contribution in [1.29, 1.82) is 0 Å². The fourth-order valence-electron chi connectivity index (χ4n) is 4.55. The minimum absolute atomic E-state index is 0.183. The van der Waals surface area contributed by atoms with Crippen LogP contribution in [0, 0.1) is 17.2 Å². The number of carboxylic acids is 1. The molecule has 2 amide bonds. The van der Waals surface area contributed by atoms with Gasteiger partial charge in [-0.3, -0.25) is 9.59 Å². The number of carboxylic acid groups (broad SMARTS) is 1. The van der Waals surface area contributed by atoms with Crippen LogP contribution in [0.25, 0.3) is 0 Å². The Morgan fingerprint density at radius 1 is 1.09 bits per heavy atom. The topological polar surface area (TPSA) is 107 Å². The third-order valence-electron chi connectivity index (χ3n) is 6.71. The summed E-state index contributed by atoms with van der Waals surface area (Å²) in [6, 6.07) is 8.90. The highest BCUT2D eigenvalue weighted by atomic mass is 35.5. The van der Waals surface area contributed by atoms with E-state index in [0.717, 1.165) is 18.2 Å². The lowest BCUT2D eigenvalue weighted by Gasteiger charge is -2.51. The third kappa shape index (κ3) is 5.49. The molecular formula is C26H30ClFN2O5. The van der Waals surface area contributed by atoms with Crippen molar-refractivity contribution in [2.75, 3.05) is 13.1 Å². The van der Waals surface area contributed by atoms with Crippen molar-refractivity contribution in [3.63, 3.8) is 0 Å². The highest BCUT2D eigenvalue weighted by Gasteiger charge is 2.50. The summed E-state index contributed by atoms with van der Waals surface area (Å²) in [5.41, 5.74) is -1.72. The second-order valence-electron chi connectivity index (χ2n) is 9.99. The van der Waals surface area contributed by atoms with E-state index in [1.807, 2.05) is 13.8 Å². The van der Waals surface area contributed by atoms with E-state index in [0.29, 0.717) is 10.6 Å². The van der Waals surface area contributed by atoms with Crippen molar-refractivity contribution in [2.45, 2.75) is 45.8 Å². The molecular weight excluding hydrogens is 475 g/mol. The zero-order valence-electron chi connectivity index (χ0n) is 20.1. The van der Waals surface area contributed by atoms with Gasteiger partial charge in [0.25, 0.3) is 5.91 Å². The van der Waals surface area contributed by atoms with Gasteiger partial charge in [0.2, 0.25) is 5.91 Å². The van der Waals surface area contributed by atoms with Crippen molar-refractivity contribution < 1.29 is 29.0 Å². The van der Waals surface area contributed by atoms with E-state index in [4.69, 9.17) is 16.7 Å². The van der Waals surface area contributed by atoms with Gasteiger partial charge in [-0.2, -0.15) is 0 Å². The largest absolute Gasteiger partial charge is 0.478 e. The van der Waals surface area contributed by atoms with Gasteiger partial charge >= 0.3 is 5.97 Å². The molecule has 0 saturated carbocycles. The Kier molecular flexibility index (Phi) is 7.57. The molecule has 35 heavy (non-hydrogen) atoms. The quantitative estimate of drug-likeness (QED) is 0.549. The maximum Gasteiger partial charge on any atom is 0.335 e. The number of halogens is 2. The molecule has 0 spiro atoms. The van der Waals surface area contributed by atoms with E-state index in [1.165, 1.54) is 0 Å². The van der Waals surface area contributed by atoms with Gasteiger partial charge < -0.3 is 20.4 Å². The minimum atomic E-state index is -1.36. The van der Waals surface area contributed by atoms with Gasteiger partial charge in [-0.05, 0) is 48.2 Å². The lowest BCUT2D eigenvalue weighted by molar-refractivity contribution is -0.155. The van der Waals surface area contributed by atoms with Crippen molar-refractivity contribution in [1.82, 2.24) is 10.2 Å².